The van der Waals surface area contributed by atoms with Crippen LogP contribution in [0.1, 0.15) is 55.6 Å². The lowest BCUT2D eigenvalue weighted by atomic mass is 9.93. The van der Waals surface area contributed by atoms with E-state index in [0.29, 0.717) is 47.3 Å². The molecule has 2 aliphatic heterocycles. The molecule has 3 N–H and O–H groups in total. The third kappa shape index (κ3) is 6.28. The minimum Gasteiger partial charge on any atom is -0.395 e. The number of anilines is 4. The molecule has 3 aliphatic rings. The Morgan fingerprint density at radius 3 is 2.44 bits per heavy atom. The van der Waals surface area contributed by atoms with Crippen molar-refractivity contribution in [2.75, 3.05) is 58.5 Å². The van der Waals surface area contributed by atoms with Crippen molar-refractivity contribution in [1.29, 1.82) is 0 Å². The molecule has 1 amide bonds. The lowest BCUT2D eigenvalue weighted by molar-refractivity contribution is 0.0747. The number of hydrogen-bond donors (Lipinski definition) is 3. The number of benzene rings is 1. The summed E-state index contributed by atoms with van der Waals surface area (Å²) in [5, 5.41) is 12.1. The lowest BCUT2D eigenvalue weighted by Crippen LogP contribution is -2.50. The van der Waals surface area contributed by atoms with Gasteiger partial charge in [-0.2, -0.15) is 4.98 Å². The Morgan fingerprint density at radius 1 is 1.10 bits per heavy atom. The summed E-state index contributed by atoms with van der Waals surface area (Å²) in [6.07, 6.45) is 4.62. The zero-order valence-electron chi connectivity index (χ0n) is 22.8. The smallest absolute Gasteiger partial charge is 0.258 e. The molecule has 3 fully saturated rings. The molecule has 1 saturated carbocycles. The SMILES string of the molecule is Cc1cc(NC(=O)c2ccc(NS(=O)(=O)CCO)cc2N2CCC3(CC2)CC3)nc(N2[C@H](C)COC[C@@H]2C)n1. The van der Waals surface area contributed by atoms with E-state index in [2.05, 4.69) is 43.7 Å². The van der Waals surface area contributed by atoms with Gasteiger partial charge >= 0.3 is 0 Å². The van der Waals surface area contributed by atoms with Gasteiger partial charge in [-0.1, -0.05) is 0 Å². The van der Waals surface area contributed by atoms with Gasteiger partial charge in [-0.25, -0.2) is 13.4 Å². The van der Waals surface area contributed by atoms with Crippen LogP contribution in [0, 0.1) is 12.3 Å². The van der Waals surface area contributed by atoms with Crippen molar-refractivity contribution >= 4 is 39.1 Å². The van der Waals surface area contributed by atoms with Crippen LogP contribution in [0.15, 0.2) is 24.3 Å². The number of hydrogen-bond acceptors (Lipinski definition) is 9. The van der Waals surface area contributed by atoms with Crippen LogP contribution in [-0.4, -0.2) is 80.1 Å². The lowest BCUT2D eigenvalue weighted by Gasteiger charge is -2.38. The highest BCUT2D eigenvalue weighted by Gasteiger charge is 2.44. The van der Waals surface area contributed by atoms with Crippen LogP contribution >= 0.6 is 0 Å². The van der Waals surface area contributed by atoms with Crippen LogP contribution in [0.3, 0.4) is 0 Å². The van der Waals surface area contributed by atoms with E-state index in [1.165, 1.54) is 12.8 Å². The summed E-state index contributed by atoms with van der Waals surface area (Å²) in [6, 6.07) is 6.87. The fraction of sp³-hybridized carbons (Fsp3) is 0.593. The van der Waals surface area contributed by atoms with Gasteiger partial charge in [0.05, 0.1) is 54.6 Å². The second-order valence-electron chi connectivity index (χ2n) is 11.2. The summed E-state index contributed by atoms with van der Waals surface area (Å²) in [5.41, 5.74) is 2.66. The Kier molecular flexibility index (Phi) is 7.71. The van der Waals surface area contributed by atoms with Crippen LogP contribution < -0.4 is 19.8 Å². The summed E-state index contributed by atoms with van der Waals surface area (Å²) < 4.78 is 32.7. The van der Waals surface area contributed by atoms with Crippen LogP contribution in [-0.2, 0) is 14.8 Å². The third-order valence-electron chi connectivity index (χ3n) is 7.98. The van der Waals surface area contributed by atoms with E-state index in [-0.39, 0.29) is 18.0 Å². The third-order valence-corrected chi connectivity index (χ3v) is 9.25. The van der Waals surface area contributed by atoms with Crippen molar-refractivity contribution in [3.05, 3.63) is 35.5 Å². The van der Waals surface area contributed by atoms with Crippen molar-refractivity contribution in [3.63, 3.8) is 0 Å². The summed E-state index contributed by atoms with van der Waals surface area (Å²) in [5.74, 6) is 0.233. The first-order valence-electron chi connectivity index (χ1n) is 13.6. The van der Waals surface area contributed by atoms with E-state index in [0.717, 1.165) is 31.6 Å². The molecule has 11 nitrogen and oxygen atoms in total. The number of sulfonamides is 1. The number of nitrogens with zero attached hydrogens (tertiary/aromatic N) is 4. The minimum absolute atomic E-state index is 0.0988. The fourth-order valence-electron chi connectivity index (χ4n) is 5.61. The second kappa shape index (κ2) is 10.9. The van der Waals surface area contributed by atoms with Crippen molar-refractivity contribution in [2.24, 2.45) is 5.41 Å². The number of aryl methyl sites for hydroxylation is 1. The molecule has 0 bridgehead atoms. The number of piperidine rings is 1. The van der Waals surface area contributed by atoms with E-state index in [1.54, 1.807) is 24.3 Å². The fourth-order valence-corrected chi connectivity index (χ4v) is 6.44. The number of carbonyl (C=O) groups is 1. The molecule has 1 aromatic carbocycles. The quantitative estimate of drug-likeness (QED) is 0.447. The zero-order chi connectivity index (χ0) is 27.8. The van der Waals surface area contributed by atoms with Gasteiger partial charge in [0.2, 0.25) is 16.0 Å². The molecular formula is C27H38N6O5S. The highest BCUT2D eigenvalue weighted by atomic mass is 32.2. The molecule has 39 heavy (non-hydrogen) atoms. The molecule has 2 atom stereocenters. The molecule has 0 radical (unpaired) electrons. The molecule has 3 heterocycles. The molecule has 0 unspecified atom stereocenters. The van der Waals surface area contributed by atoms with Gasteiger partial charge in [-0.05, 0) is 70.1 Å². The van der Waals surface area contributed by atoms with E-state index >= 15 is 0 Å². The number of carbonyl (C=O) groups excluding carboxylic acids is 1. The van der Waals surface area contributed by atoms with E-state index in [9.17, 15) is 13.2 Å². The van der Waals surface area contributed by atoms with E-state index < -0.39 is 22.4 Å². The number of aliphatic hydroxyl groups is 1. The summed E-state index contributed by atoms with van der Waals surface area (Å²) in [6.45, 7) is 8.29. The van der Waals surface area contributed by atoms with Crippen LogP contribution in [0.5, 0.6) is 0 Å². The number of ether oxygens (including phenoxy) is 1. The largest absolute Gasteiger partial charge is 0.395 e. The Bertz CT molecular complexity index is 1310. The average Bonchev–Trinajstić information content (AvgIpc) is 3.62. The first-order valence-corrected chi connectivity index (χ1v) is 15.3. The number of rotatable bonds is 8. The van der Waals surface area contributed by atoms with Crippen molar-refractivity contribution in [3.8, 4) is 0 Å². The van der Waals surface area contributed by atoms with Gasteiger partial charge in [-0.15, -0.1) is 0 Å². The predicted octanol–water partition coefficient (Wildman–Crippen LogP) is 2.77. The highest BCUT2D eigenvalue weighted by Crippen LogP contribution is 2.54. The van der Waals surface area contributed by atoms with Gasteiger partial charge in [0.1, 0.15) is 5.82 Å². The second-order valence-corrected chi connectivity index (χ2v) is 13.0. The van der Waals surface area contributed by atoms with Gasteiger partial charge < -0.3 is 25.0 Å². The molecular weight excluding hydrogens is 520 g/mol. The van der Waals surface area contributed by atoms with E-state index in [4.69, 9.17) is 9.84 Å². The Morgan fingerprint density at radius 2 is 1.79 bits per heavy atom. The Balaban J connectivity index is 1.42. The number of nitrogens with one attached hydrogen (secondary N) is 2. The maximum Gasteiger partial charge on any atom is 0.258 e. The van der Waals surface area contributed by atoms with Crippen LogP contribution in [0.25, 0.3) is 0 Å². The van der Waals surface area contributed by atoms with Gasteiger partial charge in [-0.3, -0.25) is 9.52 Å². The standard InChI is InChI=1S/C27H38N6O5S/c1-18-14-24(30-26(28-18)33-19(2)16-38-17-20(33)3)29-25(35)22-5-4-21(31-39(36,37)13-12-34)15-23(22)32-10-8-27(6-7-27)9-11-32/h4-5,14-15,19-20,31,34H,6-13,16-17H2,1-3H3,(H,28,29,30,35)/t19-,20+. The first kappa shape index (κ1) is 27.6. The van der Waals surface area contributed by atoms with Crippen LogP contribution in [0.2, 0.25) is 0 Å². The number of aromatic nitrogens is 2. The molecule has 2 saturated heterocycles. The van der Waals surface area contributed by atoms with E-state index in [1.807, 2.05) is 6.92 Å². The summed E-state index contributed by atoms with van der Waals surface area (Å²) in [4.78, 5) is 27.2. The normalized spacial score (nSPS) is 22.6. The van der Waals surface area contributed by atoms with Gasteiger partial charge in [0.15, 0.2) is 0 Å². The number of morpholine rings is 1. The zero-order valence-corrected chi connectivity index (χ0v) is 23.6. The van der Waals surface area contributed by atoms with Crippen molar-refractivity contribution in [2.45, 2.75) is 58.5 Å². The first-order chi connectivity index (χ1) is 18.6. The summed E-state index contributed by atoms with van der Waals surface area (Å²) in [7, 11) is -3.70. The topological polar surface area (TPSA) is 137 Å². The number of amides is 1. The predicted molar refractivity (Wildman–Crippen MR) is 151 cm³/mol. The summed E-state index contributed by atoms with van der Waals surface area (Å²) >= 11 is 0. The van der Waals surface area contributed by atoms with Gasteiger partial charge in [0.25, 0.3) is 5.91 Å². The maximum atomic E-state index is 13.6. The average molecular weight is 559 g/mol. The maximum absolute atomic E-state index is 13.6. The molecule has 212 valence electrons. The Labute approximate surface area is 230 Å². The minimum atomic E-state index is -3.70. The molecule has 1 spiro atoms. The Hall–Kier alpha value is -2.96. The van der Waals surface area contributed by atoms with Crippen molar-refractivity contribution < 1.29 is 23.1 Å². The molecule has 2 aromatic rings. The van der Waals surface area contributed by atoms with Gasteiger partial charge in [0, 0.05) is 24.8 Å². The molecule has 1 aromatic heterocycles. The molecule has 5 rings (SSSR count). The number of aliphatic hydroxyl groups excluding tert-OH is 1. The highest BCUT2D eigenvalue weighted by molar-refractivity contribution is 7.92. The molecule has 1 aliphatic carbocycles. The monoisotopic (exact) mass is 558 g/mol. The molecule has 12 heteroatoms. The van der Waals surface area contributed by atoms with Crippen LogP contribution in [0.4, 0.5) is 23.1 Å². The van der Waals surface area contributed by atoms with Crippen molar-refractivity contribution in [1.82, 2.24) is 9.97 Å².